The molecule has 8 atom stereocenters. The lowest BCUT2D eigenvalue weighted by Gasteiger charge is -2.30. The van der Waals surface area contributed by atoms with E-state index in [0.717, 1.165) is 10.9 Å². The molecule has 1 aromatic carbocycles. The average Bonchev–Trinajstić information content (AvgIpc) is 4.15. The number of para-hydroxylation sites is 1. The molecule has 25 heteroatoms. The first-order chi connectivity index (χ1) is 34.4. The van der Waals surface area contributed by atoms with Crippen molar-refractivity contribution in [1.29, 1.82) is 0 Å². The maximum absolute atomic E-state index is 14.4. The zero-order valence-electron chi connectivity index (χ0n) is 40.8. The van der Waals surface area contributed by atoms with Gasteiger partial charge in [0.25, 0.3) is 0 Å². The standard InChI is InChI=1S/C47H70N12O11S2/c1-57(2)18-8-6-14-30-42(65)54-32(21-27-23-50-29-12-4-3-11-28(27)29)44(67)56-34(25-71)41(64)49-17-7-5-13-31(53-46(69)37-16-10-19-58(37)39(62)24-60)43(66)55-33(22-38(61)51-35(26-72)45(68)52-30)47(70)59-20-9-15-36(59)40(48)63/h3-4,11-12,23,30-37,50,60,71-72H,5-10,13-22,24-26H2,1-2H3,(H2,48,63)(H,49,64)(H,51,61)(H,52,68)(H,53,69)(H,54,65)(H,55,66)(H,56,67)/t30?,31-,32-,33-,34-,35-,36-,37-/m0/s1. The van der Waals surface area contributed by atoms with Crippen LogP contribution in [-0.2, 0) is 54.4 Å². The van der Waals surface area contributed by atoms with Gasteiger partial charge in [0.15, 0.2) is 0 Å². The second-order valence-electron chi connectivity index (χ2n) is 18.6. The van der Waals surface area contributed by atoms with E-state index in [0.29, 0.717) is 37.8 Å². The Morgan fingerprint density at radius 2 is 1.39 bits per heavy atom. The number of aliphatic hydroxyl groups is 1. The summed E-state index contributed by atoms with van der Waals surface area (Å²) in [5.41, 5.74) is 7.12. The third kappa shape index (κ3) is 15.8. The first kappa shape index (κ1) is 57.0. The predicted molar refractivity (Wildman–Crippen MR) is 271 cm³/mol. The van der Waals surface area contributed by atoms with E-state index < -0.39 is 120 Å². The Hall–Kier alpha value is -5.92. The van der Waals surface area contributed by atoms with Gasteiger partial charge >= 0.3 is 0 Å². The number of primary amides is 1. The summed E-state index contributed by atoms with van der Waals surface area (Å²) < 4.78 is 0. The molecule has 0 spiro atoms. The molecule has 0 bridgehead atoms. The molecule has 11 N–H and O–H groups in total. The highest BCUT2D eigenvalue weighted by Crippen LogP contribution is 2.22. The lowest BCUT2D eigenvalue weighted by atomic mass is 10.0. The molecule has 4 heterocycles. The second-order valence-corrected chi connectivity index (χ2v) is 19.4. The lowest BCUT2D eigenvalue weighted by Crippen LogP contribution is -2.60. The number of H-pyrrole nitrogens is 1. The lowest BCUT2D eigenvalue weighted by molar-refractivity contribution is -0.143. The van der Waals surface area contributed by atoms with Gasteiger partial charge in [-0.2, -0.15) is 25.3 Å². The van der Waals surface area contributed by atoms with Crippen LogP contribution >= 0.6 is 25.3 Å². The summed E-state index contributed by atoms with van der Waals surface area (Å²) in [5, 5.41) is 29.2. The zero-order valence-corrected chi connectivity index (χ0v) is 42.6. The van der Waals surface area contributed by atoms with Crippen molar-refractivity contribution in [3.8, 4) is 0 Å². The van der Waals surface area contributed by atoms with E-state index in [1.807, 2.05) is 43.3 Å². The largest absolute Gasteiger partial charge is 0.387 e. The Balaban J connectivity index is 1.48. The summed E-state index contributed by atoms with van der Waals surface area (Å²) in [7, 11) is 3.78. The number of carbonyl (C=O) groups excluding carboxylic acids is 10. The average molecular weight is 1040 g/mol. The van der Waals surface area contributed by atoms with Crippen molar-refractivity contribution in [1.82, 2.24) is 56.9 Å². The number of thiol groups is 2. The van der Waals surface area contributed by atoms with E-state index in [1.165, 1.54) is 9.80 Å². The molecule has 0 radical (unpaired) electrons. The number of amides is 10. The molecule has 10 amide bonds. The molecule has 2 aromatic rings. The van der Waals surface area contributed by atoms with Crippen molar-refractivity contribution in [2.24, 2.45) is 5.73 Å². The third-order valence-electron chi connectivity index (χ3n) is 13.1. The molecule has 3 aliphatic heterocycles. The number of likely N-dealkylation sites (tertiary alicyclic amines) is 2. The van der Waals surface area contributed by atoms with E-state index in [1.54, 1.807) is 6.20 Å². The number of carbonyl (C=O) groups is 10. The second kappa shape index (κ2) is 27.8. The van der Waals surface area contributed by atoms with Gasteiger partial charge in [-0.3, -0.25) is 47.9 Å². The molecule has 1 aromatic heterocycles. The Kier molecular flexibility index (Phi) is 22.0. The molecule has 3 saturated heterocycles. The maximum Gasteiger partial charge on any atom is 0.248 e. The number of rotatable bonds is 14. The Labute approximate surface area is 429 Å². The van der Waals surface area contributed by atoms with Gasteiger partial charge < -0.3 is 67.7 Å². The quantitative estimate of drug-likeness (QED) is 0.0683. The van der Waals surface area contributed by atoms with Gasteiger partial charge in [0.1, 0.15) is 54.9 Å². The van der Waals surface area contributed by atoms with Crippen LogP contribution in [0.15, 0.2) is 30.5 Å². The minimum absolute atomic E-state index is 0.0163. The number of unbranched alkanes of at least 4 members (excludes halogenated alkanes) is 1. The number of aliphatic hydroxyl groups excluding tert-OH is 1. The van der Waals surface area contributed by atoms with Crippen LogP contribution in [0.2, 0.25) is 0 Å². The van der Waals surface area contributed by atoms with E-state index >= 15 is 0 Å². The molecule has 0 aliphatic carbocycles. The van der Waals surface area contributed by atoms with Crippen molar-refractivity contribution in [3.05, 3.63) is 36.0 Å². The molecule has 3 aliphatic rings. The first-order valence-corrected chi connectivity index (χ1v) is 25.7. The van der Waals surface area contributed by atoms with E-state index in [-0.39, 0.29) is 76.1 Å². The molecule has 0 saturated carbocycles. The fourth-order valence-electron chi connectivity index (χ4n) is 9.19. The smallest absolute Gasteiger partial charge is 0.248 e. The fraction of sp³-hybridized carbons (Fsp3) is 0.617. The fourth-order valence-corrected chi connectivity index (χ4v) is 9.71. The minimum Gasteiger partial charge on any atom is -0.387 e. The van der Waals surface area contributed by atoms with Crippen molar-refractivity contribution < 1.29 is 53.1 Å². The molecule has 396 valence electrons. The number of hydrogen-bond donors (Lipinski definition) is 12. The molecular formula is C47H70N12O11S2. The van der Waals surface area contributed by atoms with Crippen LogP contribution in [0.1, 0.15) is 76.2 Å². The van der Waals surface area contributed by atoms with Gasteiger partial charge in [0, 0.05) is 54.7 Å². The summed E-state index contributed by atoms with van der Waals surface area (Å²) in [5.74, 6) is -8.01. The van der Waals surface area contributed by atoms with Crippen molar-refractivity contribution >= 4 is 95.2 Å². The van der Waals surface area contributed by atoms with Crippen LogP contribution in [-0.4, -0.2) is 191 Å². The summed E-state index contributed by atoms with van der Waals surface area (Å²) in [4.78, 5) is 145. The predicted octanol–water partition coefficient (Wildman–Crippen LogP) is -2.64. The van der Waals surface area contributed by atoms with Crippen molar-refractivity contribution in [2.45, 2.75) is 125 Å². The number of nitrogens with one attached hydrogen (secondary N) is 8. The van der Waals surface area contributed by atoms with Gasteiger partial charge in [-0.1, -0.05) is 18.2 Å². The van der Waals surface area contributed by atoms with Crippen LogP contribution in [0.25, 0.3) is 10.9 Å². The summed E-state index contributed by atoms with van der Waals surface area (Å²) in [6, 6.07) is -2.71. The van der Waals surface area contributed by atoms with Gasteiger partial charge in [0.2, 0.25) is 59.1 Å². The first-order valence-electron chi connectivity index (χ1n) is 24.5. The Bertz CT molecular complexity index is 2280. The van der Waals surface area contributed by atoms with Crippen LogP contribution < -0.4 is 43.0 Å². The van der Waals surface area contributed by atoms with Gasteiger partial charge in [-0.25, -0.2) is 0 Å². The molecule has 23 nitrogen and oxygen atoms in total. The number of fused-ring (bicyclic) bond motifs is 1. The van der Waals surface area contributed by atoms with E-state index in [4.69, 9.17) is 5.73 Å². The topological polar surface area (TPSA) is 327 Å². The van der Waals surface area contributed by atoms with Crippen LogP contribution in [0, 0.1) is 0 Å². The highest BCUT2D eigenvalue weighted by molar-refractivity contribution is 7.80. The third-order valence-corrected chi connectivity index (χ3v) is 13.8. The van der Waals surface area contributed by atoms with Crippen LogP contribution in [0.5, 0.6) is 0 Å². The maximum atomic E-state index is 14.4. The molecule has 3 fully saturated rings. The Morgan fingerprint density at radius 1 is 0.750 bits per heavy atom. The number of nitrogens with zero attached hydrogens (tertiary/aromatic N) is 3. The number of nitrogens with two attached hydrogens (primary N) is 1. The van der Waals surface area contributed by atoms with E-state index in [2.05, 4.69) is 67.5 Å². The highest BCUT2D eigenvalue weighted by Gasteiger charge is 2.41. The number of benzene rings is 1. The van der Waals surface area contributed by atoms with Gasteiger partial charge in [-0.15, -0.1) is 0 Å². The van der Waals surface area contributed by atoms with Gasteiger partial charge in [0.05, 0.1) is 6.42 Å². The van der Waals surface area contributed by atoms with Gasteiger partial charge in [-0.05, 0) is 96.5 Å². The Morgan fingerprint density at radius 3 is 2.08 bits per heavy atom. The molecule has 1 unspecified atom stereocenters. The van der Waals surface area contributed by atoms with Crippen LogP contribution in [0.4, 0.5) is 0 Å². The number of hydrogen-bond acceptors (Lipinski definition) is 14. The zero-order chi connectivity index (χ0) is 52.5. The summed E-state index contributed by atoms with van der Waals surface area (Å²) in [6.45, 7) is 0.164. The molecule has 5 rings (SSSR count). The highest BCUT2D eigenvalue weighted by atomic mass is 32.1. The normalized spacial score (nSPS) is 25.8. The van der Waals surface area contributed by atoms with E-state index in [9.17, 15) is 53.1 Å². The number of aromatic nitrogens is 1. The SMILES string of the molecule is CN(C)CCCCC1NC(=O)[C@H](CS)NC(=O)C[C@@H](C(=O)N2CCC[C@H]2C(N)=O)NC(=O)[C@@H](NC(=O)[C@@H]2CCCN2C(=O)CO)CCCCNC(=O)[C@H](CS)NC(=O)[C@H](Cc2c[nH]c3ccccc23)NC1=O. The van der Waals surface area contributed by atoms with Crippen LogP contribution in [0.3, 0.4) is 0 Å². The van der Waals surface area contributed by atoms with Crippen molar-refractivity contribution in [3.63, 3.8) is 0 Å². The number of aromatic amines is 1. The summed E-state index contributed by atoms with van der Waals surface area (Å²) in [6.07, 6.45) is 3.90. The molecule has 72 heavy (non-hydrogen) atoms. The monoisotopic (exact) mass is 1040 g/mol. The molecular weight excluding hydrogens is 973 g/mol. The van der Waals surface area contributed by atoms with Crippen molar-refractivity contribution in [2.75, 3.05) is 58.4 Å². The minimum atomic E-state index is -1.65. The summed E-state index contributed by atoms with van der Waals surface area (Å²) >= 11 is 8.68.